The second kappa shape index (κ2) is 5.53. The fraction of sp³-hybridized carbons (Fsp3) is 0.286. The average molecular weight is 274 g/mol. The maximum absolute atomic E-state index is 12.0. The minimum absolute atomic E-state index is 0.0857. The van der Waals surface area contributed by atoms with Crippen molar-refractivity contribution in [2.75, 3.05) is 0 Å². The molecule has 0 heterocycles. The number of ketones is 1. The zero-order chi connectivity index (χ0) is 15.5. The van der Waals surface area contributed by atoms with Crippen LogP contribution in [-0.4, -0.2) is 15.8 Å². The molecule has 0 fully saturated rings. The van der Waals surface area contributed by atoms with Gasteiger partial charge in [0.2, 0.25) is 0 Å². The number of nitro groups is 1. The molecule has 0 spiro atoms. The summed E-state index contributed by atoms with van der Waals surface area (Å²) in [5.41, 5.74) is -0.967. The lowest BCUT2D eigenvalue weighted by molar-refractivity contribution is -0.385. The zero-order valence-corrected chi connectivity index (χ0v) is 11.4. The Kier molecular flexibility index (Phi) is 4.25. The Hall–Kier alpha value is -2.68. The highest BCUT2D eigenvalue weighted by atomic mass is 16.6. The first-order chi connectivity index (χ1) is 9.16. The van der Waals surface area contributed by atoms with E-state index in [0.717, 1.165) is 12.1 Å². The fourth-order valence-electron chi connectivity index (χ4n) is 1.50. The predicted molar refractivity (Wildman–Crippen MR) is 72.8 cm³/mol. The molecule has 0 aliphatic heterocycles. The van der Waals surface area contributed by atoms with Gasteiger partial charge in [-0.05, 0) is 17.7 Å². The molecule has 0 radical (unpaired) electrons. The van der Waals surface area contributed by atoms with Gasteiger partial charge in [0.25, 0.3) is 0 Å². The lowest BCUT2D eigenvalue weighted by Gasteiger charge is -2.15. The van der Waals surface area contributed by atoms with E-state index in [-0.39, 0.29) is 11.4 Å². The van der Waals surface area contributed by atoms with Crippen LogP contribution in [-0.2, 0) is 4.79 Å². The number of carbonyl (C=O) groups is 1. The number of phenolic OH excluding ortho intramolecular Hbond substituents is 1. The van der Waals surface area contributed by atoms with Gasteiger partial charge in [-0.15, -0.1) is 0 Å². The number of allylic oxidation sites excluding steroid dienone is 1. The summed E-state index contributed by atoms with van der Waals surface area (Å²) in [6.07, 6.45) is 1.28. The number of carbonyl (C=O) groups excluding carboxylic acids is 1. The molecule has 0 bridgehead atoms. The summed E-state index contributed by atoms with van der Waals surface area (Å²) in [6.45, 7) is 5.04. The van der Waals surface area contributed by atoms with Gasteiger partial charge in [0.1, 0.15) is 6.07 Å². The smallest absolute Gasteiger partial charge is 0.311 e. The van der Waals surface area contributed by atoms with Gasteiger partial charge in [-0.3, -0.25) is 14.9 Å². The van der Waals surface area contributed by atoms with Crippen molar-refractivity contribution in [1.29, 1.82) is 5.26 Å². The predicted octanol–water partition coefficient (Wildman–Crippen LogP) is 2.82. The summed E-state index contributed by atoms with van der Waals surface area (Å²) in [4.78, 5) is 22.0. The molecule has 1 aromatic rings. The lowest BCUT2D eigenvalue weighted by atomic mass is 9.86. The number of aromatic hydroxyl groups is 1. The summed E-state index contributed by atoms with van der Waals surface area (Å²) in [5.74, 6) is -0.816. The molecular formula is C14H14N2O4. The van der Waals surface area contributed by atoms with Crippen LogP contribution in [0.25, 0.3) is 6.08 Å². The summed E-state index contributed by atoms with van der Waals surface area (Å²) in [5, 5.41) is 29.1. The van der Waals surface area contributed by atoms with Crippen molar-refractivity contribution in [3.8, 4) is 11.8 Å². The van der Waals surface area contributed by atoms with Crippen LogP contribution in [0.15, 0.2) is 23.8 Å². The summed E-state index contributed by atoms with van der Waals surface area (Å²) < 4.78 is 0. The molecule has 0 aromatic heterocycles. The van der Waals surface area contributed by atoms with Crippen LogP contribution in [0.1, 0.15) is 26.3 Å². The second-order valence-electron chi connectivity index (χ2n) is 5.25. The number of benzene rings is 1. The van der Waals surface area contributed by atoms with E-state index >= 15 is 0 Å². The van der Waals surface area contributed by atoms with Crippen LogP contribution in [0.5, 0.6) is 5.75 Å². The quantitative estimate of drug-likeness (QED) is 0.395. The number of Topliss-reactive ketones (excluding diaryl/α,β-unsaturated/α-hetero) is 1. The molecule has 1 rings (SSSR count). The third kappa shape index (κ3) is 3.42. The third-order valence-corrected chi connectivity index (χ3v) is 2.55. The first-order valence-electron chi connectivity index (χ1n) is 5.81. The molecule has 0 atom stereocenters. The Balaban J connectivity index is 3.29. The second-order valence-corrected chi connectivity index (χ2v) is 5.25. The number of nitriles is 1. The van der Waals surface area contributed by atoms with E-state index in [1.165, 1.54) is 12.1 Å². The Labute approximate surface area is 116 Å². The Bertz CT molecular complexity index is 634. The topological polar surface area (TPSA) is 104 Å². The molecule has 6 nitrogen and oxygen atoms in total. The Morgan fingerprint density at radius 1 is 1.45 bits per heavy atom. The number of nitrogens with zero attached hydrogens (tertiary/aromatic N) is 2. The molecule has 1 aromatic carbocycles. The molecule has 0 saturated heterocycles. The molecule has 104 valence electrons. The van der Waals surface area contributed by atoms with Crippen molar-refractivity contribution in [2.45, 2.75) is 20.8 Å². The number of hydrogen-bond acceptors (Lipinski definition) is 5. The summed E-state index contributed by atoms with van der Waals surface area (Å²) in [7, 11) is 0. The molecule has 1 N–H and O–H groups in total. The first kappa shape index (κ1) is 15.4. The normalized spacial score (nSPS) is 11.8. The molecule has 0 saturated carbocycles. The van der Waals surface area contributed by atoms with Gasteiger partial charge in [0.05, 0.1) is 10.5 Å². The SMILES string of the molecule is CC(C)(C)C(=O)/C(C#N)=C/c1ccc(O)c([N+](=O)[O-])c1. The van der Waals surface area contributed by atoms with Crippen molar-refractivity contribution in [3.63, 3.8) is 0 Å². The molecule has 0 unspecified atom stereocenters. The van der Waals surface area contributed by atoms with Gasteiger partial charge in [-0.25, -0.2) is 0 Å². The summed E-state index contributed by atoms with van der Waals surface area (Å²) >= 11 is 0. The number of nitro benzene ring substituents is 1. The maximum atomic E-state index is 12.0. The highest BCUT2D eigenvalue weighted by molar-refractivity contribution is 6.06. The molecule has 0 aliphatic carbocycles. The molecule has 0 amide bonds. The Morgan fingerprint density at radius 2 is 2.05 bits per heavy atom. The standard InChI is InChI=1S/C14H14N2O4/c1-14(2,3)13(18)10(8-15)6-9-4-5-12(17)11(7-9)16(19)20/h4-7,17H,1-3H3/b10-6+. The molecule has 6 heteroatoms. The van der Waals surface area contributed by atoms with Crippen molar-refractivity contribution in [1.82, 2.24) is 0 Å². The molecule has 20 heavy (non-hydrogen) atoms. The highest BCUT2D eigenvalue weighted by Gasteiger charge is 2.25. The third-order valence-electron chi connectivity index (χ3n) is 2.55. The van der Waals surface area contributed by atoms with Crippen LogP contribution < -0.4 is 0 Å². The van der Waals surface area contributed by atoms with E-state index in [9.17, 15) is 20.0 Å². The van der Waals surface area contributed by atoms with E-state index in [2.05, 4.69) is 0 Å². The minimum atomic E-state index is -0.732. The van der Waals surface area contributed by atoms with Crippen LogP contribution in [0.2, 0.25) is 0 Å². The largest absolute Gasteiger partial charge is 0.502 e. The molecular weight excluding hydrogens is 260 g/mol. The number of rotatable bonds is 3. The van der Waals surface area contributed by atoms with E-state index in [1.54, 1.807) is 26.8 Å². The van der Waals surface area contributed by atoms with Crippen LogP contribution in [0, 0.1) is 26.9 Å². The van der Waals surface area contributed by atoms with E-state index < -0.39 is 21.8 Å². The minimum Gasteiger partial charge on any atom is -0.502 e. The van der Waals surface area contributed by atoms with Crippen LogP contribution in [0.4, 0.5) is 5.69 Å². The fourth-order valence-corrected chi connectivity index (χ4v) is 1.50. The van der Waals surface area contributed by atoms with Crippen LogP contribution in [0.3, 0.4) is 0 Å². The van der Waals surface area contributed by atoms with E-state index in [4.69, 9.17) is 5.26 Å². The van der Waals surface area contributed by atoms with Gasteiger partial charge in [0, 0.05) is 11.5 Å². The summed E-state index contributed by atoms with van der Waals surface area (Å²) in [6, 6.07) is 5.46. The molecule has 0 aliphatic rings. The van der Waals surface area contributed by atoms with E-state index in [1.807, 2.05) is 0 Å². The van der Waals surface area contributed by atoms with Crippen molar-refractivity contribution < 1.29 is 14.8 Å². The van der Waals surface area contributed by atoms with Gasteiger partial charge < -0.3 is 5.11 Å². The number of phenols is 1. The van der Waals surface area contributed by atoms with Gasteiger partial charge in [0.15, 0.2) is 11.5 Å². The van der Waals surface area contributed by atoms with Crippen LogP contribution >= 0.6 is 0 Å². The maximum Gasteiger partial charge on any atom is 0.311 e. The average Bonchev–Trinajstić information content (AvgIpc) is 2.35. The van der Waals surface area contributed by atoms with E-state index in [0.29, 0.717) is 5.56 Å². The van der Waals surface area contributed by atoms with Gasteiger partial charge in [-0.1, -0.05) is 26.8 Å². The first-order valence-corrected chi connectivity index (χ1v) is 5.81. The number of hydrogen-bond donors (Lipinski definition) is 1. The lowest BCUT2D eigenvalue weighted by Crippen LogP contribution is -2.21. The van der Waals surface area contributed by atoms with Crippen molar-refractivity contribution >= 4 is 17.5 Å². The van der Waals surface area contributed by atoms with Crippen molar-refractivity contribution in [3.05, 3.63) is 39.4 Å². The van der Waals surface area contributed by atoms with Crippen molar-refractivity contribution in [2.24, 2.45) is 5.41 Å². The van der Waals surface area contributed by atoms with Gasteiger partial charge >= 0.3 is 5.69 Å². The monoisotopic (exact) mass is 274 g/mol. The Morgan fingerprint density at radius 3 is 2.50 bits per heavy atom. The highest BCUT2D eigenvalue weighted by Crippen LogP contribution is 2.28. The van der Waals surface area contributed by atoms with Gasteiger partial charge in [-0.2, -0.15) is 5.26 Å². The zero-order valence-electron chi connectivity index (χ0n) is 11.4.